The average Bonchev–Trinajstić information content (AvgIpc) is 3.30. The molecule has 31 heavy (non-hydrogen) atoms. The van der Waals surface area contributed by atoms with Gasteiger partial charge in [0, 0.05) is 18.1 Å². The van der Waals surface area contributed by atoms with Gasteiger partial charge in [0.25, 0.3) is 0 Å². The lowest BCUT2D eigenvalue weighted by atomic mass is 9.73. The van der Waals surface area contributed by atoms with Crippen molar-refractivity contribution >= 4 is 17.7 Å². The van der Waals surface area contributed by atoms with E-state index in [0.29, 0.717) is 5.92 Å². The molecule has 7 nitrogen and oxygen atoms in total. The summed E-state index contributed by atoms with van der Waals surface area (Å²) in [5.41, 5.74) is -1.57. The molecule has 4 aliphatic rings. The van der Waals surface area contributed by atoms with Gasteiger partial charge in [-0.3, -0.25) is 14.4 Å². The summed E-state index contributed by atoms with van der Waals surface area (Å²) in [6.45, 7) is 11.9. The third-order valence-corrected chi connectivity index (χ3v) is 7.19. The Balaban J connectivity index is 1.63. The first kappa shape index (κ1) is 22.1. The molecule has 2 N–H and O–H groups in total. The zero-order chi connectivity index (χ0) is 22.6. The van der Waals surface area contributed by atoms with Gasteiger partial charge in [-0.1, -0.05) is 38.0 Å². The normalized spacial score (nSPS) is 38.8. The lowest BCUT2D eigenvalue weighted by Crippen LogP contribution is -2.58. The van der Waals surface area contributed by atoms with Crippen molar-refractivity contribution in [3.63, 3.8) is 0 Å². The fourth-order valence-electron chi connectivity index (χ4n) is 5.85. The maximum atomic E-state index is 13.5. The number of hydrogen-bond donors (Lipinski definition) is 2. The van der Waals surface area contributed by atoms with Crippen molar-refractivity contribution in [1.82, 2.24) is 15.5 Å². The van der Waals surface area contributed by atoms with Gasteiger partial charge in [0.15, 0.2) is 0 Å². The number of carbonyl (C=O) groups is 3. The zero-order valence-electron chi connectivity index (χ0n) is 19.0. The molecule has 4 rings (SSSR count). The van der Waals surface area contributed by atoms with Crippen LogP contribution >= 0.6 is 0 Å². The Morgan fingerprint density at radius 3 is 2.65 bits per heavy atom. The van der Waals surface area contributed by atoms with Gasteiger partial charge in [-0.15, -0.1) is 6.58 Å². The van der Waals surface area contributed by atoms with Crippen LogP contribution in [-0.4, -0.2) is 58.5 Å². The second-order valence-electron chi connectivity index (χ2n) is 10.6. The second kappa shape index (κ2) is 7.76. The van der Waals surface area contributed by atoms with Crippen LogP contribution in [0, 0.1) is 17.8 Å². The Morgan fingerprint density at radius 2 is 2.00 bits per heavy atom. The molecular weight excluding hydrogens is 394 g/mol. The molecular formula is C24H35N3O4. The summed E-state index contributed by atoms with van der Waals surface area (Å²) in [4.78, 5) is 41.7. The minimum Gasteiger partial charge on any atom is -0.359 e. The maximum absolute atomic E-state index is 13.5. The molecule has 0 aromatic carbocycles. The van der Waals surface area contributed by atoms with Crippen LogP contribution in [0.5, 0.6) is 0 Å². The van der Waals surface area contributed by atoms with E-state index in [0.717, 1.165) is 19.3 Å². The molecule has 3 amide bonds. The number of fused-ring (bicyclic) bond motifs is 1. The SMILES string of the molecule is C=CCN1C(=O)[C@@H]2[C@H](C(=O)N[C@@H]3CCCC[C@H]3C)[C@@H]3C=C[C@@]2(O3)[C@H]1C(=O)NC(C)(C)C. The molecule has 0 unspecified atom stereocenters. The molecule has 2 saturated heterocycles. The van der Waals surface area contributed by atoms with E-state index in [9.17, 15) is 14.4 Å². The molecule has 3 heterocycles. The Hall–Kier alpha value is -2.15. The Bertz CT molecular complexity index is 816. The Labute approximate surface area is 184 Å². The summed E-state index contributed by atoms with van der Waals surface area (Å²) in [6.07, 6.45) is 9.18. The Morgan fingerprint density at radius 1 is 1.29 bits per heavy atom. The monoisotopic (exact) mass is 429 g/mol. The van der Waals surface area contributed by atoms with Crippen molar-refractivity contribution in [3.8, 4) is 0 Å². The van der Waals surface area contributed by atoms with E-state index in [1.165, 1.54) is 11.3 Å². The number of nitrogens with zero attached hydrogens (tertiary/aromatic N) is 1. The number of likely N-dealkylation sites (tertiary alicyclic amines) is 1. The largest absolute Gasteiger partial charge is 0.359 e. The predicted octanol–water partition coefficient (Wildman–Crippen LogP) is 1.93. The molecule has 0 radical (unpaired) electrons. The predicted molar refractivity (Wildman–Crippen MR) is 117 cm³/mol. The lowest BCUT2D eigenvalue weighted by Gasteiger charge is -2.34. The molecule has 1 spiro atoms. The van der Waals surface area contributed by atoms with E-state index < -0.39 is 35.1 Å². The standard InChI is InChI=1S/C24H35N3O4/c1-6-13-27-19(21(29)26-23(3,4)5)24-12-11-16(31-24)17(18(24)22(27)30)20(28)25-15-10-8-7-9-14(15)2/h6,11-12,14-19H,1,7-10,13H2,2-5H3,(H,25,28)(H,26,29)/t14-,15-,16+,17-,18+,19-,24+/m1/s1. The summed E-state index contributed by atoms with van der Waals surface area (Å²) in [7, 11) is 0. The number of nitrogens with one attached hydrogen (secondary N) is 2. The smallest absolute Gasteiger partial charge is 0.246 e. The van der Waals surface area contributed by atoms with Gasteiger partial charge in [0.1, 0.15) is 11.6 Å². The van der Waals surface area contributed by atoms with Crippen LogP contribution in [0.3, 0.4) is 0 Å². The van der Waals surface area contributed by atoms with Gasteiger partial charge in [0.05, 0.1) is 17.9 Å². The number of amides is 3. The summed E-state index contributed by atoms with van der Waals surface area (Å²) < 4.78 is 6.30. The van der Waals surface area contributed by atoms with Crippen molar-refractivity contribution < 1.29 is 19.1 Å². The minimum atomic E-state index is -1.11. The first-order valence-electron chi connectivity index (χ1n) is 11.5. The topological polar surface area (TPSA) is 87.7 Å². The zero-order valence-corrected chi connectivity index (χ0v) is 19.0. The van der Waals surface area contributed by atoms with Crippen LogP contribution in [0.1, 0.15) is 53.4 Å². The van der Waals surface area contributed by atoms with Gasteiger partial charge in [-0.25, -0.2) is 0 Å². The third-order valence-electron chi connectivity index (χ3n) is 7.19. The van der Waals surface area contributed by atoms with Crippen LogP contribution in [0.25, 0.3) is 0 Å². The van der Waals surface area contributed by atoms with E-state index >= 15 is 0 Å². The van der Waals surface area contributed by atoms with Gasteiger partial charge >= 0.3 is 0 Å². The molecule has 2 bridgehead atoms. The van der Waals surface area contributed by atoms with Gasteiger partial charge in [-0.2, -0.15) is 0 Å². The maximum Gasteiger partial charge on any atom is 0.246 e. The highest BCUT2D eigenvalue weighted by Gasteiger charge is 2.72. The molecule has 7 atom stereocenters. The third kappa shape index (κ3) is 3.60. The van der Waals surface area contributed by atoms with Crippen LogP contribution < -0.4 is 10.6 Å². The molecule has 1 aliphatic carbocycles. The summed E-state index contributed by atoms with van der Waals surface area (Å²) in [5, 5.41) is 6.20. The van der Waals surface area contributed by atoms with Crippen molar-refractivity contribution in [2.45, 2.75) is 82.7 Å². The van der Waals surface area contributed by atoms with Crippen LogP contribution in [-0.2, 0) is 19.1 Å². The fraction of sp³-hybridized carbons (Fsp3) is 0.708. The van der Waals surface area contributed by atoms with Gasteiger partial charge in [0.2, 0.25) is 17.7 Å². The van der Waals surface area contributed by atoms with Gasteiger partial charge in [-0.05, 0) is 39.5 Å². The van der Waals surface area contributed by atoms with E-state index in [1.807, 2.05) is 32.9 Å². The molecule has 3 fully saturated rings. The fourth-order valence-corrected chi connectivity index (χ4v) is 5.85. The van der Waals surface area contributed by atoms with Crippen LogP contribution in [0.15, 0.2) is 24.8 Å². The minimum absolute atomic E-state index is 0.126. The lowest BCUT2D eigenvalue weighted by molar-refractivity contribution is -0.142. The average molecular weight is 430 g/mol. The highest BCUT2D eigenvalue weighted by Crippen LogP contribution is 2.55. The van der Waals surface area contributed by atoms with Crippen molar-refractivity contribution in [2.24, 2.45) is 17.8 Å². The molecule has 3 aliphatic heterocycles. The van der Waals surface area contributed by atoms with E-state index in [4.69, 9.17) is 4.74 Å². The highest BCUT2D eigenvalue weighted by molar-refractivity contribution is 6.00. The van der Waals surface area contributed by atoms with Crippen LogP contribution in [0.2, 0.25) is 0 Å². The van der Waals surface area contributed by atoms with Gasteiger partial charge < -0.3 is 20.3 Å². The summed E-state index contributed by atoms with van der Waals surface area (Å²) >= 11 is 0. The summed E-state index contributed by atoms with van der Waals surface area (Å²) in [6, 6.07) is -0.698. The van der Waals surface area contributed by atoms with Crippen LogP contribution in [0.4, 0.5) is 0 Å². The van der Waals surface area contributed by atoms with Crippen molar-refractivity contribution in [3.05, 3.63) is 24.8 Å². The number of hydrogen-bond acceptors (Lipinski definition) is 4. The molecule has 7 heteroatoms. The molecule has 0 aromatic heterocycles. The van der Waals surface area contributed by atoms with Crippen molar-refractivity contribution in [1.29, 1.82) is 0 Å². The highest BCUT2D eigenvalue weighted by atomic mass is 16.5. The Kier molecular flexibility index (Phi) is 5.53. The van der Waals surface area contributed by atoms with Crippen molar-refractivity contribution in [2.75, 3.05) is 6.54 Å². The quantitative estimate of drug-likeness (QED) is 0.654. The second-order valence-corrected chi connectivity index (χ2v) is 10.6. The first-order chi connectivity index (χ1) is 14.6. The van der Waals surface area contributed by atoms with E-state index in [1.54, 1.807) is 6.08 Å². The number of ether oxygens (including phenoxy) is 1. The van der Waals surface area contributed by atoms with E-state index in [2.05, 4.69) is 24.1 Å². The molecule has 0 aromatic rings. The number of carbonyl (C=O) groups excluding carboxylic acids is 3. The first-order valence-corrected chi connectivity index (χ1v) is 11.5. The van der Waals surface area contributed by atoms with E-state index in [-0.39, 0.29) is 30.3 Å². The number of rotatable bonds is 5. The molecule has 1 saturated carbocycles. The summed E-state index contributed by atoms with van der Waals surface area (Å²) in [5.74, 6) is -1.51. The molecule has 170 valence electrons.